The zero-order chi connectivity index (χ0) is 39.6. The van der Waals surface area contributed by atoms with Crippen LogP contribution < -0.4 is 0 Å². The van der Waals surface area contributed by atoms with Gasteiger partial charge in [0, 0.05) is 49.6 Å². The van der Waals surface area contributed by atoms with E-state index in [4.69, 9.17) is 9.97 Å². The van der Waals surface area contributed by atoms with E-state index in [9.17, 15) is 0 Å². The summed E-state index contributed by atoms with van der Waals surface area (Å²) in [6, 6.07) is 67.8. The van der Waals surface area contributed by atoms with Crippen LogP contribution in [0.1, 0.15) is 16.7 Å². The average molecular weight is 757 g/mol. The van der Waals surface area contributed by atoms with Crippen LogP contribution in [0.5, 0.6) is 0 Å². The molecule has 0 fully saturated rings. The van der Waals surface area contributed by atoms with Crippen LogP contribution in [0.15, 0.2) is 188 Å². The highest BCUT2D eigenvalue weighted by Gasteiger charge is 2.17. The maximum atomic E-state index is 5.15. The summed E-state index contributed by atoms with van der Waals surface area (Å²) >= 11 is 0. The first kappa shape index (κ1) is 34.7. The fourth-order valence-electron chi connectivity index (χ4n) is 8.96. The van der Waals surface area contributed by atoms with Crippen molar-refractivity contribution in [1.82, 2.24) is 19.1 Å². The van der Waals surface area contributed by atoms with Crippen molar-refractivity contribution in [2.45, 2.75) is 20.8 Å². The Morgan fingerprint density at radius 3 is 1.51 bits per heavy atom. The maximum absolute atomic E-state index is 5.15. The number of fused-ring (bicyclic) bond motifs is 6. The van der Waals surface area contributed by atoms with Gasteiger partial charge in [0.1, 0.15) is 0 Å². The smallest absolute Gasteiger partial charge is 0.160 e. The summed E-state index contributed by atoms with van der Waals surface area (Å²) in [6.45, 7) is 6.41. The lowest BCUT2D eigenvalue weighted by atomic mass is 9.97. The molecule has 0 unspecified atom stereocenters. The molecule has 3 heterocycles. The molecule has 4 nitrogen and oxygen atoms in total. The fourth-order valence-corrected chi connectivity index (χ4v) is 8.96. The summed E-state index contributed by atoms with van der Waals surface area (Å²) in [5, 5.41) is 5.01. The molecule has 0 saturated carbocycles. The minimum absolute atomic E-state index is 0.731. The van der Waals surface area contributed by atoms with E-state index in [2.05, 4.69) is 218 Å². The first-order valence-electron chi connectivity index (χ1n) is 20.2. The van der Waals surface area contributed by atoms with Gasteiger partial charge < -0.3 is 9.13 Å². The van der Waals surface area contributed by atoms with E-state index in [0.29, 0.717) is 0 Å². The van der Waals surface area contributed by atoms with Crippen molar-refractivity contribution in [2.75, 3.05) is 0 Å². The molecule has 11 rings (SSSR count). The lowest BCUT2D eigenvalue weighted by Gasteiger charge is -2.13. The van der Waals surface area contributed by atoms with E-state index in [0.717, 1.165) is 50.8 Å². The Balaban J connectivity index is 0.966. The second-order valence-electron chi connectivity index (χ2n) is 15.7. The molecule has 0 bridgehead atoms. The number of para-hydroxylation sites is 3. The second kappa shape index (κ2) is 13.8. The number of aromatic nitrogens is 4. The molecule has 0 aliphatic carbocycles. The SMILES string of the molecule is Cc1cccc(-c2cc(-c3ccc(-c4ccc(-n5c6ccccc6c6cc(-n7c8ccccc8c8ccccc87)ccc65)cc4)cc3C)nc(-c3cccc(C)c3)n2)c1. The molecular weight excluding hydrogens is 717 g/mol. The van der Waals surface area contributed by atoms with Gasteiger partial charge in [-0.1, -0.05) is 132 Å². The molecule has 11 aromatic rings. The van der Waals surface area contributed by atoms with Gasteiger partial charge in [-0.3, -0.25) is 0 Å². The number of hydrogen-bond donors (Lipinski definition) is 0. The molecule has 280 valence electrons. The van der Waals surface area contributed by atoms with Crippen LogP contribution in [0.2, 0.25) is 0 Å². The Hall–Kier alpha value is -7.56. The Labute approximate surface area is 343 Å². The van der Waals surface area contributed by atoms with Gasteiger partial charge in [0.15, 0.2) is 5.82 Å². The summed E-state index contributed by atoms with van der Waals surface area (Å²) in [6.07, 6.45) is 0. The molecule has 59 heavy (non-hydrogen) atoms. The predicted molar refractivity (Wildman–Crippen MR) is 247 cm³/mol. The van der Waals surface area contributed by atoms with Crippen molar-refractivity contribution in [3.63, 3.8) is 0 Å². The molecule has 0 saturated heterocycles. The van der Waals surface area contributed by atoms with E-state index in [1.807, 2.05) is 0 Å². The first-order valence-corrected chi connectivity index (χ1v) is 20.2. The highest BCUT2D eigenvalue weighted by atomic mass is 15.0. The number of hydrogen-bond acceptors (Lipinski definition) is 2. The minimum atomic E-state index is 0.731. The standard InChI is InChI=1S/C55H40N4/c1-35-12-10-14-40(30-35)49-34-50(57-55(56-49)41-15-11-13-36(2)31-41)44-28-24-39(32-37(44)3)38-22-25-42(26-23-38)58-53-21-9-6-18-47(53)48-33-43(27-29-54(48)58)59-51-19-7-4-16-45(51)46-17-5-8-20-52(46)59/h4-34H,1-3H3. The van der Waals surface area contributed by atoms with Gasteiger partial charge in [-0.05, 0) is 104 Å². The minimum Gasteiger partial charge on any atom is -0.309 e. The van der Waals surface area contributed by atoms with Crippen molar-refractivity contribution in [2.24, 2.45) is 0 Å². The van der Waals surface area contributed by atoms with Crippen LogP contribution in [-0.2, 0) is 0 Å². The van der Waals surface area contributed by atoms with Crippen molar-refractivity contribution in [3.05, 3.63) is 205 Å². The third kappa shape index (κ3) is 5.92. The largest absolute Gasteiger partial charge is 0.309 e. The van der Waals surface area contributed by atoms with Gasteiger partial charge in [0.25, 0.3) is 0 Å². The Bertz CT molecular complexity index is 3300. The van der Waals surface area contributed by atoms with Crippen molar-refractivity contribution in [1.29, 1.82) is 0 Å². The molecule has 0 N–H and O–H groups in total. The van der Waals surface area contributed by atoms with Crippen LogP contribution in [0.25, 0.3) is 100 Å². The molecule has 0 aliphatic rings. The predicted octanol–water partition coefficient (Wildman–Crippen LogP) is 14.3. The molecule has 0 aliphatic heterocycles. The van der Waals surface area contributed by atoms with Gasteiger partial charge in [0.05, 0.1) is 33.5 Å². The van der Waals surface area contributed by atoms with Crippen LogP contribution in [-0.4, -0.2) is 19.1 Å². The molecule has 8 aromatic carbocycles. The van der Waals surface area contributed by atoms with Gasteiger partial charge in [-0.15, -0.1) is 0 Å². The lowest BCUT2D eigenvalue weighted by Crippen LogP contribution is -1.97. The van der Waals surface area contributed by atoms with E-state index < -0.39 is 0 Å². The highest BCUT2D eigenvalue weighted by Crippen LogP contribution is 2.38. The van der Waals surface area contributed by atoms with Gasteiger partial charge in [-0.25, -0.2) is 9.97 Å². The van der Waals surface area contributed by atoms with E-state index in [1.54, 1.807) is 0 Å². The Kier molecular flexibility index (Phi) is 8.12. The van der Waals surface area contributed by atoms with E-state index in [-0.39, 0.29) is 0 Å². The summed E-state index contributed by atoms with van der Waals surface area (Å²) in [4.78, 5) is 10.2. The molecule has 4 heteroatoms. The Morgan fingerprint density at radius 2 is 0.864 bits per heavy atom. The summed E-state index contributed by atoms with van der Waals surface area (Å²) in [7, 11) is 0. The first-order chi connectivity index (χ1) is 29.0. The van der Waals surface area contributed by atoms with Crippen LogP contribution in [0.3, 0.4) is 0 Å². The fraction of sp³-hybridized carbons (Fsp3) is 0.0545. The van der Waals surface area contributed by atoms with Gasteiger partial charge >= 0.3 is 0 Å². The normalized spacial score (nSPS) is 11.6. The molecule has 0 atom stereocenters. The maximum Gasteiger partial charge on any atom is 0.160 e. The summed E-state index contributed by atoms with van der Waals surface area (Å²) in [5.41, 5.74) is 18.0. The lowest BCUT2D eigenvalue weighted by molar-refractivity contribution is 1.16. The van der Waals surface area contributed by atoms with Crippen LogP contribution in [0, 0.1) is 20.8 Å². The monoisotopic (exact) mass is 756 g/mol. The molecule has 0 amide bonds. The zero-order valence-corrected chi connectivity index (χ0v) is 33.2. The average Bonchev–Trinajstić information content (AvgIpc) is 3.79. The van der Waals surface area contributed by atoms with E-state index in [1.165, 1.54) is 65.9 Å². The Morgan fingerprint density at radius 1 is 0.339 bits per heavy atom. The van der Waals surface area contributed by atoms with Gasteiger partial charge in [-0.2, -0.15) is 0 Å². The quantitative estimate of drug-likeness (QED) is 0.169. The third-order valence-corrected chi connectivity index (χ3v) is 11.8. The molecule has 0 spiro atoms. The number of aryl methyl sites for hydroxylation is 3. The molecular formula is C55H40N4. The topological polar surface area (TPSA) is 35.6 Å². The highest BCUT2D eigenvalue weighted by molar-refractivity contribution is 6.12. The third-order valence-electron chi connectivity index (χ3n) is 11.8. The number of nitrogens with zero attached hydrogens (tertiary/aromatic N) is 4. The summed E-state index contributed by atoms with van der Waals surface area (Å²) in [5.74, 6) is 0.731. The van der Waals surface area contributed by atoms with Crippen molar-refractivity contribution >= 4 is 43.6 Å². The van der Waals surface area contributed by atoms with E-state index >= 15 is 0 Å². The van der Waals surface area contributed by atoms with Crippen molar-refractivity contribution < 1.29 is 0 Å². The second-order valence-corrected chi connectivity index (χ2v) is 15.7. The summed E-state index contributed by atoms with van der Waals surface area (Å²) < 4.78 is 4.79. The van der Waals surface area contributed by atoms with Crippen molar-refractivity contribution in [3.8, 4) is 56.4 Å². The molecule has 0 radical (unpaired) electrons. The van der Waals surface area contributed by atoms with Crippen LogP contribution in [0.4, 0.5) is 0 Å². The zero-order valence-electron chi connectivity index (χ0n) is 33.2. The number of benzene rings is 8. The molecule has 3 aromatic heterocycles. The van der Waals surface area contributed by atoms with Gasteiger partial charge in [0.2, 0.25) is 0 Å². The number of rotatable bonds is 6. The van der Waals surface area contributed by atoms with Crippen LogP contribution >= 0.6 is 0 Å².